The summed E-state index contributed by atoms with van der Waals surface area (Å²) >= 11 is 0. The highest BCUT2D eigenvalue weighted by Gasteiger charge is 2.22. The molecule has 0 radical (unpaired) electrons. The first kappa shape index (κ1) is 19.3. The van der Waals surface area contributed by atoms with Crippen LogP contribution in [0.1, 0.15) is 31.0 Å². The zero-order valence-electron chi connectivity index (χ0n) is 15.1. The molecule has 2 rings (SSSR count). The number of rotatable bonds is 8. The average molecular weight is 357 g/mol. The molecular formula is C20H23NO5. The lowest BCUT2D eigenvalue weighted by Crippen LogP contribution is -2.34. The number of carboxylic acids is 1. The fourth-order valence-electron chi connectivity index (χ4n) is 2.49. The molecule has 1 unspecified atom stereocenters. The average Bonchev–Trinajstić information content (AvgIpc) is 2.61. The number of carbonyl (C=O) groups excluding carboxylic acids is 1. The van der Waals surface area contributed by atoms with Gasteiger partial charge >= 0.3 is 5.97 Å². The van der Waals surface area contributed by atoms with Crippen LogP contribution in [-0.2, 0) is 16.0 Å². The second-order valence-electron chi connectivity index (χ2n) is 6.06. The zero-order valence-corrected chi connectivity index (χ0v) is 15.1. The first-order chi connectivity index (χ1) is 12.4. The highest BCUT2D eigenvalue weighted by molar-refractivity contribution is 5.86. The van der Waals surface area contributed by atoms with E-state index in [4.69, 9.17) is 9.47 Å². The third-order valence-electron chi connectivity index (χ3n) is 3.69. The van der Waals surface area contributed by atoms with Crippen LogP contribution in [0.4, 0.5) is 0 Å². The van der Waals surface area contributed by atoms with Crippen LogP contribution >= 0.6 is 0 Å². The molecule has 0 aromatic heterocycles. The molecule has 2 aromatic carbocycles. The summed E-state index contributed by atoms with van der Waals surface area (Å²) in [5.41, 5.74) is 1.18. The largest absolute Gasteiger partial charge is 0.497 e. The maximum absolute atomic E-state index is 12.4. The van der Waals surface area contributed by atoms with Gasteiger partial charge in [-0.25, -0.2) is 4.79 Å². The Morgan fingerprint density at radius 1 is 1.08 bits per heavy atom. The molecule has 138 valence electrons. The molecule has 6 nitrogen and oxygen atoms in total. The molecule has 0 heterocycles. The molecule has 0 spiro atoms. The number of aliphatic carboxylic acids is 1. The van der Waals surface area contributed by atoms with E-state index in [1.54, 1.807) is 36.4 Å². The SMILES string of the molecule is COc1ccc(C(NC(=O)Cc2ccccc2OC(C)C)C(=O)O)cc1. The van der Waals surface area contributed by atoms with Crippen LogP contribution in [-0.4, -0.2) is 30.2 Å². The number of para-hydroxylation sites is 1. The van der Waals surface area contributed by atoms with Crippen molar-refractivity contribution in [2.24, 2.45) is 0 Å². The van der Waals surface area contributed by atoms with Crippen molar-refractivity contribution in [3.63, 3.8) is 0 Å². The van der Waals surface area contributed by atoms with Gasteiger partial charge in [0.05, 0.1) is 19.6 Å². The summed E-state index contributed by atoms with van der Waals surface area (Å²) in [5.74, 6) is -0.291. The number of amides is 1. The van der Waals surface area contributed by atoms with Crippen LogP contribution < -0.4 is 14.8 Å². The van der Waals surface area contributed by atoms with E-state index in [-0.39, 0.29) is 12.5 Å². The van der Waals surface area contributed by atoms with E-state index in [1.165, 1.54) is 7.11 Å². The quantitative estimate of drug-likeness (QED) is 0.759. The Balaban J connectivity index is 2.12. The van der Waals surface area contributed by atoms with Gasteiger partial charge in [0, 0.05) is 5.56 Å². The number of carboxylic acid groups (broad SMARTS) is 1. The van der Waals surface area contributed by atoms with Crippen molar-refractivity contribution < 1.29 is 24.2 Å². The molecule has 0 fully saturated rings. The van der Waals surface area contributed by atoms with E-state index in [0.29, 0.717) is 22.6 Å². The van der Waals surface area contributed by atoms with E-state index >= 15 is 0 Å². The van der Waals surface area contributed by atoms with Crippen LogP contribution in [0.3, 0.4) is 0 Å². The number of methoxy groups -OCH3 is 1. The molecule has 2 aromatic rings. The summed E-state index contributed by atoms with van der Waals surface area (Å²) in [6.07, 6.45) is 0.00769. The van der Waals surface area contributed by atoms with Gasteiger partial charge in [0.25, 0.3) is 0 Å². The minimum Gasteiger partial charge on any atom is -0.497 e. The second kappa shape index (κ2) is 8.89. The Kier molecular flexibility index (Phi) is 6.60. The van der Waals surface area contributed by atoms with Crippen molar-refractivity contribution in [2.75, 3.05) is 7.11 Å². The highest BCUT2D eigenvalue weighted by Crippen LogP contribution is 2.21. The second-order valence-corrected chi connectivity index (χ2v) is 6.06. The number of benzene rings is 2. The monoisotopic (exact) mass is 357 g/mol. The van der Waals surface area contributed by atoms with Crippen LogP contribution in [0.2, 0.25) is 0 Å². The Morgan fingerprint density at radius 2 is 1.73 bits per heavy atom. The Morgan fingerprint density at radius 3 is 2.31 bits per heavy atom. The molecule has 0 aliphatic heterocycles. The van der Waals surface area contributed by atoms with Crippen molar-refractivity contribution in [1.82, 2.24) is 5.32 Å². The van der Waals surface area contributed by atoms with E-state index < -0.39 is 17.9 Å². The normalized spacial score (nSPS) is 11.7. The first-order valence-electron chi connectivity index (χ1n) is 8.31. The van der Waals surface area contributed by atoms with Gasteiger partial charge in [-0.15, -0.1) is 0 Å². The van der Waals surface area contributed by atoms with Gasteiger partial charge in [-0.05, 0) is 37.6 Å². The molecule has 1 atom stereocenters. The standard InChI is InChI=1S/C20H23NO5/c1-13(2)26-17-7-5-4-6-15(17)12-18(22)21-19(20(23)24)14-8-10-16(25-3)11-9-14/h4-11,13,19H,12H2,1-3H3,(H,21,22)(H,23,24). The summed E-state index contributed by atoms with van der Waals surface area (Å²) in [4.78, 5) is 24.0. The summed E-state index contributed by atoms with van der Waals surface area (Å²) in [6, 6.07) is 12.6. The first-order valence-corrected chi connectivity index (χ1v) is 8.31. The number of hydrogen-bond donors (Lipinski definition) is 2. The maximum Gasteiger partial charge on any atom is 0.330 e. The van der Waals surface area contributed by atoms with Gasteiger partial charge in [0.2, 0.25) is 5.91 Å². The van der Waals surface area contributed by atoms with Gasteiger partial charge in [-0.1, -0.05) is 30.3 Å². The number of ether oxygens (including phenoxy) is 2. The van der Waals surface area contributed by atoms with Crippen LogP contribution in [0, 0.1) is 0 Å². The van der Waals surface area contributed by atoms with E-state index in [1.807, 2.05) is 26.0 Å². The molecule has 0 bridgehead atoms. The fraction of sp³-hybridized carbons (Fsp3) is 0.300. The number of hydrogen-bond acceptors (Lipinski definition) is 4. The van der Waals surface area contributed by atoms with Gasteiger partial charge in [0.1, 0.15) is 11.5 Å². The van der Waals surface area contributed by atoms with E-state index in [2.05, 4.69) is 5.32 Å². The Bertz CT molecular complexity index is 755. The summed E-state index contributed by atoms with van der Waals surface area (Å²) in [6.45, 7) is 3.81. The number of carbonyl (C=O) groups is 2. The van der Waals surface area contributed by atoms with Crippen molar-refractivity contribution in [3.8, 4) is 11.5 Å². The third kappa shape index (κ3) is 5.24. The van der Waals surface area contributed by atoms with Crippen LogP contribution in [0.5, 0.6) is 11.5 Å². The molecular weight excluding hydrogens is 334 g/mol. The minimum absolute atomic E-state index is 0.0229. The molecule has 0 aliphatic rings. The molecule has 2 N–H and O–H groups in total. The van der Waals surface area contributed by atoms with Gasteiger partial charge < -0.3 is 19.9 Å². The topological polar surface area (TPSA) is 84.9 Å². The molecule has 1 amide bonds. The molecule has 0 saturated heterocycles. The van der Waals surface area contributed by atoms with Crippen LogP contribution in [0.25, 0.3) is 0 Å². The van der Waals surface area contributed by atoms with Crippen LogP contribution in [0.15, 0.2) is 48.5 Å². The molecule has 0 aliphatic carbocycles. The lowest BCUT2D eigenvalue weighted by atomic mass is 10.1. The van der Waals surface area contributed by atoms with E-state index in [0.717, 1.165) is 0 Å². The minimum atomic E-state index is -1.13. The van der Waals surface area contributed by atoms with Crippen molar-refractivity contribution in [3.05, 3.63) is 59.7 Å². The molecule has 6 heteroatoms. The summed E-state index contributed by atoms with van der Waals surface area (Å²) in [5, 5.41) is 12.0. The van der Waals surface area contributed by atoms with E-state index in [9.17, 15) is 14.7 Å². The van der Waals surface area contributed by atoms with Gasteiger partial charge in [-0.2, -0.15) is 0 Å². The maximum atomic E-state index is 12.4. The Hall–Kier alpha value is -3.02. The van der Waals surface area contributed by atoms with Crippen molar-refractivity contribution in [2.45, 2.75) is 32.4 Å². The fourth-order valence-corrected chi connectivity index (χ4v) is 2.49. The zero-order chi connectivity index (χ0) is 19.1. The van der Waals surface area contributed by atoms with Crippen molar-refractivity contribution in [1.29, 1.82) is 0 Å². The molecule has 0 saturated carbocycles. The predicted octanol–water partition coefficient (Wildman–Crippen LogP) is 2.97. The van der Waals surface area contributed by atoms with Gasteiger partial charge in [-0.3, -0.25) is 4.79 Å². The predicted molar refractivity (Wildman–Crippen MR) is 97.4 cm³/mol. The van der Waals surface area contributed by atoms with Gasteiger partial charge in [0.15, 0.2) is 6.04 Å². The number of nitrogens with one attached hydrogen (secondary N) is 1. The third-order valence-corrected chi connectivity index (χ3v) is 3.69. The summed E-state index contributed by atoms with van der Waals surface area (Å²) in [7, 11) is 1.53. The molecule has 26 heavy (non-hydrogen) atoms. The highest BCUT2D eigenvalue weighted by atomic mass is 16.5. The Labute approximate surface area is 152 Å². The van der Waals surface area contributed by atoms with Crippen molar-refractivity contribution >= 4 is 11.9 Å². The lowest BCUT2D eigenvalue weighted by molar-refractivity contribution is -0.142. The lowest BCUT2D eigenvalue weighted by Gasteiger charge is -2.17. The summed E-state index contributed by atoms with van der Waals surface area (Å²) < 4.78 is 10.8. The smallest absolute Gasteiger partial charge is 0.330 e.